The zero-order valence-electron chi connectivity index (χ0n) is 14.9. The van der Waals surface area contributed by atoms with Crippen LogP contribution in [0.3, 0.4) is 0 Å². The molecule has 0 atom stereocenters. The summed E-state index contributed by atoms with van der Waals surface area (Å²) in [7, 11) is 0. The Hall–Kier alpha value is -2.79. The van der Waals surface area contributed by atoms with Crippen molar-refractivity contribution in [2.24, 2.45) is 0 Å². The summed E-state index contributed by atoms with van der Waals surface area (Å²) in [5.74, 6) is 0.168. The monoisotopic (exact) mass is 385 g/mol. The molecule has 3 rings (SSSR count). The van der Waals surface area contributed by atoms with E-state index in [2.05, 4.69) is 0 Å². The van der Waals surface area contributed by atoms with E-state index in [4.69, 9.17) is 21.4 Å². The number of carbonyl (C=O) groups is 2. The summed E-state index contributed by atoms with van der Waals surface area (Å²) in [6.45, 7) is 2.37. The van der Waals surface area contributed by atoms with E-state index in [1.54, 1.807) is 41.0 Å². The molecule has 1 aromatic heterocycles. The number of nitrogens with zero attached hydrogens (tertiary/aromatic N) is 1. The normalized spacial score (nSPS) is 10.9. The molecule has 0 bridgehead atoms. The lowest BCUT2D eigenvalue weighted by atomic mass is 10.1. The van der Waals surface area contributed by atoms with Crippen LogP contribution in [0.25, 0.3) is 10.9 Å². The summed E-state index contributed by atoms with van der Waals surface area (Å²) < 4.78 is 7.18. The number of halogens is 1. The number of benzene rings is 2. The van der Waals surface area contributed by atoms with Crippen molar-refractivity contribution < 1.29 is 19.4 Å². The van der Waals surface area contributed by atoms with Crippen molar-refractivity contribution in [3.8, 4) is 5.75 Å². The lowest BCUT2D eigenvalue weighted by molar-refractivity contribution is -0.136. The molecule has 6 heteroatoms. The number of carboxylic acid groups (broad SMARTS) is 1. The van der Waals surface area contributed by atoms with Gasteiger partial charge in [0.15, 0.2) is 0 Å². The molecule has 3 aromatic rings. The van der Waals surface area contributed by atoms with E-state index in [-0.39, 0.29) is 12.3 Å². The summed E-state index contributed by atoms with van der Waals surface area (Å²) in [4.78, 5) is 24.1. The predicted octanol–water partition coefficient (Wildman–Crippen LogP) is 4.27. The lowest BCUT2D eigenvalue weighted by Crippen LogP contribution is -2.13. The first-order valence-corrected chi connectivity index (χ1v) is 9.20. The Labute approximate surface area is 162 Å². The summed E-state index contributed by atoms with van der Waals surface area (Å²) in [5, 5.41) is 9.88. The fourth-order valence-electron chi connectivity index (χ4n) is 3.08. The molecule has 0 aliphatic heterocycles. The molecule has 0 spiro atoms. The zero-order chi connectivity index (χ0) is 19.4. The van der Waals surface area contributed by atoms with Crippen molar-refractivity contribution in [1.82, 2.24) is 4.57 Å². The van der Waals surface area contributed by atoms with Gasteiger partial charge in [-0.2, -0.15) is 0 Å². The van der Waals surface area contributed by atoms with Gasteiger partial charge in [0.1, 0.15) is 5.75 Å². The molecule has 0 aliphatic carbocycles. The topological polar surface area (TPSA) is 68.5 Å². The molecular formula is C21H20ClNO4. The van der Waals surface area contributed by atoms with Gasteiger partial charge in [0.05, 0.1) is 18.5 Å². The number of rotatable bonds is 7. The van der Waals surface area contributed by atoms with Gasteiger partial charge in [-0.15, -0.1) is 11.6 Å². The second kappa shape index (κ2) is 8.27. The molecular weight excluding hydrogens is 366 g/mol. The lowest BCUT2D eigenvalue weighted by Gasteiger charge is -2.09. The zero-order valence-corrected chi connectivity index (χ0v) is 15.7. The van der Waals surface area contributed by atoms with Crippen LogP contribution in [-0.2, 0) is 11.2 Å². The molecule has 0 aliphatic rings. The highest BCUT2D eigenvalue weighted by Crippen LogP contribution is 2.25. The molecule has 0 fully saturated rings. The molecule has 1 heterocycles. The number of carboxylic acids is 1. The smallest absolute Gasteiger partial charge is 0.307 e. The van der Waals surface area contributed by atoms with Gasteiger partial charge in [-0.25, -0.2) is 0 Å². The molecule has 1 N–H and O–H groups in total. The molecule has 0 saturated carbocycles. The van der Waals surface area contributed by atoms with Gasteiger partial charge in [0, 0.05) is 22.5 Å². The second-order valence-electron chi connectivity index (χ2n) is 6.26. The number of aliphatic carboxylic acids is 1. The first kappa shape index (κ1) is 19.0. The fourth-order valence-corrected chi connectivity index (χ4v) is 3.19. The van der Waals surface area contributed by atoms with Gasteiger partial charge in [-0.05, 0) is 55.3 Å². The number of fused-ring (bicyclic) bond motifs is 1. The first-order valence-electron chi connectivity index (χ1n) is 8.66. The van der Waals surface area contributed by atoms with Gasteiger partial charge in [0.25, 0.3) is 5.91 Å². The van der Waals surface area contributed by atoms with Crippen molar-refractivity contribution in [2.45, 2.75) is 19.8 Å². The van der Waals surface area contributed by atoms with Gasteiger partial charge in [0.2, 0.25) is 0 Å². The second-order valence-corrected chi connectivity index (χ2v) is 6.64. The Bertz CT molecular complexity index is 976. The van der Waals surface area contributed by atoms with Crippen molar-refractivity contribution in [3.63, 3.8) is 0 Å². The summed E-state index contributed by atoms with van der Waals surface area (Å²) in [5.41, 5.74) is 2.69. The molecule has 140 valence electrons. The SMILES string of the molecule is Cc1cc2c(CC(=O)O)cccc2n1C(=O)c1ccc(OCCCCl)cc1. The highest BCUT2D eigenvalue weighted by atomic mass is 35.5. The highest BCUT2D eigenvalue weighted by molar-refractivity contribution is 6.17. The van der Waals surface area contributed by atoms with Gasteiger partial charge >= 0.3 is 5.97 Å². The third-order valence-electron chi connectivity index (χ3n) is 4.31. The molecule has 27 heavy (non-hydrogen) atoms. The van der Waals surface area contributed by atoms with Gasteiger partial charge in [-0.1, -0.05) is 12.1 Å². The van der Waals surface area contributed by atoms with Crippen LogP contribution in [-0.4, -0.2) is 34.0 Å². The molecule has 0 unspecified atom stereocenters. The Kier molecular flexibility index (Phi) is 5.81. The van der Waals surface area contributed by atoms with E-state index in [0.717, 1.165) is 17.5 Å². The first-order chi connectivity index (χ1) is 13.0. The minimum absolute atomic E-state index is 0.0800. The van der Waals surface area contributed by atoms with Crippen LogP contribution in [0.15, 0.2) is 48.5 Å². The molecule has 2 aromatic carbocycles. The van der Waals surface area contributed by atoms with E-state index in [0.29, 0.717) is 34.9 Å². The quantitative estimate of drug-likeness (QED) is 0.487. The van der Waals surface area contributed by atoms with Crippen molar-refractivity contribution >= 4 is 34.4 Å². The maximum atomic E-state index is 13.0. The predicted molar refractivity (Wildman–Crippen MR) is 105 cm³/mol. The Morgan fingerprint density at radius 3 is 2.56 bits per heavy atom. The molecule has 5 nitrogen and oxygen atoms in total. The van der Waals surface area contributed by atoms with Crippen LogP contribution >= 0.6 is 11.6 Å². The average Bonchev–Trinajstić information content (AvgIpc) is 2.98. The van der Waals surface area contributed by atoms with E-state index in [1.165, 1.54) is 0 Å². The molecule has 0 radical (unpaired) electrons. The molecule has 0 amide bonds. The summed E-state index contributed by atoms with van der Waals surface area (Å²) in [6.07, 6.45) is 0.679. The minimum atomic E-state index is -0.899. The Morgan fingerprint density at radius 2 is 1.89 bits per heavy atom. The van der Waals surface area contributed by atoms with Crippen LogP contribution in [0.5, 0.6) is 5.75 Å². The third kappa shape index (κ3) is 4.14. The summed E-state index contributed by atoms with van der Waals surface area (Å²) >= 11 is 5.63. The number of carbonyl (C=O) groups excluding carboxylic acids is 1. The van der Waals surface area contributed by atoms with Crippen LogP contribution in [0.2, 0.25) is 0 Å². The van der Waals surface area contributed by atoms with E-state index in [1.807, 2.05) is 19.1 Å². The van der Waals surface area contributed by atoms with E-state index >= 15 is 0 Å². The van der Waals surface area contributed by atoms with Crippen LogP contribution in [0.1, 0.15) is 28.0 Å². The number of aryl methyl sites for hydroxylation is 1. The minimum Gasteiger partial charge on any atom is -0.494 e. The maximum Gasteiger partial charge on any atom is 0.307 e. The van der Waals surface area contributed by atoms with Crippen LogP contribution < -0.4 is 4.74 Å². The summed E-state index contributed by atoms with van der Waals surface area (Å²) in [6, 6.07) is 14.2. The van der Waals surface area contributed by atoms with E-state index in [9.17, 15) is 9.59 Å². The number of hydrogen-bond acceptors (Lipinski definition) is 3. The Morgan fingerprint density at radius 1 is 1.15 bits per heavy atom. The average molecular weight is 386 g/mol. The third-order valence-corrected chi connectivity index (χ3v) is 4.58. The standard InChI is InChI=1S/C21H20ClNO4/c1-14-12-18-16(13-20(24)25)4-2-5-19(18)23(14)21(26)15-6-8-17(9-7-15)27-11-3-10-22/h2,4-9,12H,3,10-11,13H2,1H3,(H,24,25). The van der Waals surface area contributed by atoms with Crippen molar-refractivity contribution in [1.29, 1.82) is 0 Å². The number of aromatic nitrogens is 1. The number of ether oxygens (including phenoxy) is 1. The number of hydrogen-bond donors (Lipinski definition) is 1. The van der Waals surface area contributed by atoms with Crippen molar-refractivity contribution in [2.75, 3.05) is 12.5 Å². The maximum absolute atomic E-state index is 13.0. The Balaban J connectivity index is 1.91. The van der Waals surface area contributed by atoms with Gasteiger partial charge in [-0.3, -0.25) is 14.2 Å². The van der Waals surface area contributed by atoms with Gasteiger partial charge < -0.3 is 9.84 Å². The van der Waals surface area contributed by atoms with Crippen LogP contribution in [0, 0.1) is 6.92 Å². The number of alkyl halides is 1. The van der Waals surface area contributed by atoms with Crippen LogP contribution in [0.4, 0.5) is 0 Å². The van der Waals surface area contributed by atoms with E-state index < -0.39 is 5.97 Å². The highest BCUT2D eigenvalue weighted by Gasteiger charge is 2.17. The fraction of sp³-hybridized carbons (Fsp3) is 0.238. The largest absolute Gasteiger partial charge is 0.494 e. The van der Waals surface area contributed by atoms with Crippen molar-refractivity contribution in [3.05, 3.63) is 65.4 Å². The molecule has 0 saturated heterocycles.